The predicted octanol–water partition coefficient (Wildman–Crippen LogP) is 4.57. The molecule has 1 aliphatic rings. The minimum atomic E-state index is -0.633. The molecule has 1 heterocycles. The van der Waals surface area contributed by atoms with Crippen molar-refractivity contribution in [1.29, 1.82) is 0 Å². The van der Waals surface area contributed by atoms with Gasteiger partial charge in [0.25, 0.3) is 0 Å². The summed E-state index contributed by atoms with van der Waals surface area (Å²) in [5.74, 6) is -0.687. The number of rotatable bonds is 5. The maximum Gasteiger partial charge on any atom is 0.344 e. The van der Waals surface area contributed by atoms with Gasteiger partial charge in [-0.05, 0) is 19.8 Å². The summed E-state index contributed by atoms with van der Waals surface area (Å²) in [6.07, 6.45) is 5.45. The Morgan fingerprint density at radius 1 is 0.963 bits per heavy atom. The van der Waals surface area contributed by atoms with Crippen LogP contribution < -0.4 is 5.32 Å². The normalized spacial score (nSPS) is 14.6. The lowest BCUT2D eigenvalue weighted by molar-refractivity contribution is 0.0558. The Morgan fingerprint density at radius 3 is 2.15 bits per heavy atom. The first-order valence-electron chi connectivity index (χ1n) is 9.22. The number of methoxy groups -OCH3 is 2. The fraction of sp³-hybridized carbons (Fsp3) is 0.429. The zero-order chi connectivity index (χ0) is 19.4. The molecule has 0 atom stereocenters. The smallest absolute Gasteiger partial charge is 0.344 e. The van der Waals surface area contributed by atoms with Crippen LogP contribution >= 0.6 is 0 Å². The molecule has 1 saturated carbocycles. The number of esters is 2. The first kappa shape index (κ1) is 19.0. The lowest BCUT2D eigenvalue weighted by Gasteiger charge is -2.22. The Balaban J connectivity index is 2.12. The second-order valence-electron chi connectivity index (χ2n) is 6.84. The quantitative estimate of drug-likeness (QED) is 0.776. The summed E-state index contributed by atoms with van der Waals surface area (Å²) in [7, 11) is 2.57. The van der Waals surface area contributed by atoms with E-state index in [0.29, 0.717) is 11.3 Å². The molecular formula is C21H25NO5. The average Bonchev–Trinajstić information content (AvgIpc) is 3.07. The molecule has 0 saturated heterocycles. The van der Waals surface area contributed by atoms with Gasteiger partial charge in [0.15, 0.2) is 5.76 Å². The Kier molecular flexibility index (Phi) is 5.84. The molecule has 144 valence electrons. The van der Waals surface area contributed by atoms with Crippen LogP contribution in [0.1, 0.15) is 58.4 Å². The van der Waals surface area contributed by atoms with Crippen molar-refractivity contribution in [3.63, 3.8) is 0 Å². The number of hydrogen-bond acceptors (Lipinski definition) is 6. The number of hydrogen-bond donors (Lipinski definition) is 1. The van der Waals surface area contributed by atoms with Gasteiger partial charge in [0.2, 0.25) is 5.88 Å². The van der Waals surface area contributed by atoms with Crippen molar-refractivity contribution in [2.24, 2.45) is 0 Å². The highest BCUT2D eigenvalue weighted by atomic mass is 16.5. The Labute approximate surface area is 158 Å². The van der Waals surface area contributed by atoms with Gasteiger partial charge in [-0.3, -0.25) is 0 Å². The van der Waals surface area contributed by atoms with E-state index in [1.54, 1.807) is 0 Å². The maximum atomic E-state index is 12.5. The van der Waals surface area contributed by atoms with Crippen molar-refractivity contribution in [3.05, 3.63) is 41.0 Å². The molecule has 6 nitrogen and oxygen atoms in total. The van der Waals surface area contributed by atoms with E-state index in [4.69, 9.17) is 13.9 Å². The van der Waals surface area contributed by atoms with E-state index in [0.717, 1.165) is 31.2 Å². The third kappa shape index (κ3) is 3.99. The molecule has 27 heavy (non-hydrogen) atoms. The molecule has 1 aliphatic carbocycles. The Morgan fingerprint density at radius 2 is 1.56 bits per heavy atom. The van der Waals surface area contributed by atoms with E-state index >= 15 is 0 Å². The van der Waals surface area contributed by atoms with Gasteiger partial charge in [0.1, 0.15) is 11.1 Å². The predicted molar refractivity (Wildman–Crippen MR) is 102 cm³/mol. The molecule has 0 bridgehead atoms. The fourth-order valence-corrected chi connectivity index (χ4v) is 3.47. The van der Waals surface area contributed by atoms with Gasteiger partial charge in [0.05, 0.1) is 14.2 Å². The summed E-state index contributed by atoms with van der Waals surface area (Å²) in [6.45, 7) is 1.98. The van der Waals surface area contributed by atoms with Crippen LogP contribution in [0.2, 0.25) is 0 Å². The zero-order valence-corrected chi connectivity index (χ0v) is 16.0. The van der Waals surface area contributed by atoms with Crippen LogP contribution in [0.25, 0.3) is 11.3 Å². The third-order valence-corrected chi connectivity index (χ3v) is 4.94. The summed E-state index contributed by atoms with van der Waals surface area (Å²) in [5.41, 5.74) is 1.96. The van der Waals surface area contributed by atoms with Crippen molar-refractivity contribution >= 4 is 17.8 Å². The Hall–Kier alpha value is -2.76. The summed E-state index contributed by atoms with van der Waals surface area (Å²) in [6, 6.07) is 7.75. The number of anilines is 1. The van der Waals surface area contributed by atoms with E-state index < -0.39 is 11.9 Å². The molecule has 1 aromatic carbocycles. The molecule has 1 aromatic heterocycles. The van der Waals surface area contributed by atoms with Crippen LogP contribution in [0, 0.1) is 6.92 Å². The van der Waals surface area contributed by atoms with Gasteiger partial charge >= 0.3 is 11.9 Å². The van der Waals surface area contributed by atoms with Crippen molar-refractivity contribution in [2.45, 2.75) is 45.1 Å². The van der Waals surface area contributed by atoms with E-state index in [-0.39, 0.29) is 23.1 Å². The molecule has 2 aromatic rings. The lowest BCUT2D eigenvalue weighted by atomic mass is 9.95. The second-order valence-corrected chi connectivity index (χ2v) is 6.84. The largest absolute Gasteiger partial charge is 0.465 e. The first-order chi connectivity index (χ1) is 13.0. The number of aryl methyl sites for hydroxylation is 1. The first-order valence-corrected chi connectivity index (χ1v) is 9.22. The molecule has 0 aliphatic heterocycles. The summed E-state index contributed by atoms with van der Waals surface area (Å²) in [5, 5.41) is 3.31. The fourth-order valence-electron chi connectivity index (χ4n) is 3.47. The molecule has 0 amide bonds. The average molecular weight is 371 g/mol. The van der Waals surface area contributed by atoms with Crippen molar-refractivity contribution in [2.75, 3.05) is 19.5 Å². The van der Waals surface area contributed by atoms with Crippen LogP contribution in [0.5, 0.6) is 0 Å². The van der Waals surface area contributed by atoms with Gasteiger partial charge < -0.3 is 19.2 Å². The summed E-state index contributed by atoms with van der Waals surface area (Å²) in [4.78, 5) is 25.0. The molecule has 0 radical (unpaired) electrons. The lowest BCUT2D eigenvalue weighted by Crippen LogP contribution is -2.23. The summed E-state index contributed by atoms with van der Waals surface area (Å²) >= 11 is 0. The molecule has 6 heteroatoms. The van der Waals surface area contributed by atoms with Gasteiger partial charge in [-0.15, -0.1) is 0 Å². The van der Waals surface area contributed by atoms with Crippen LogP contribution in [0.4, 0.5) is 5.88 Å². The molecule has 1 fully saturated rings. The van der Waals surface area contributed by atoms with Crippen molar-refractivity contribution < 1.29 is 23.5 Å². The van der Waals surface area contributed by atoms with Crippen LogP contribution in [-0.2, 0) is 9.47 Å². The van der Waals surface area contributed by atoms with Crippen LogP contribution in [0.15, 0.2) is 28.7 Å². The Bertz CT molecular complexity index is 816. The third-order valence-electron chi connectivity index (χ3n) is 4.94. The topological polar surface area (TPSA) is 77.8 Å². The molecular weight excluding hydrogens is 346 g/mol. The highest BCUT2D eigenvalue weighted by Crippen LogP contribution is 2.37. The monoisotopic (exact) mass is 371 g/mol. The zero-order valence-electron chi connectivity index (χ0n) is 16.0. The minimum Gasteiger partial charge on any atom is -0.465 e. The van der Waals surface area contributed by atoms with Crippen LogP contribution in [-0.4, -0.2) is 32.2 Å². The molecule has 0 spiro atoms. The van der Waals surface area contributed by atoms with Gasteiger partial charge in [-0.2, -0.15) is 0 Å². The highest BCUT2D eigenvalue weighted by molar-refractivity contribution is 6.10. The molecule has 3 rings (SSSR count). The van der Waals surface area contributed by atoms with Gasteiger partial charge in [-0.1, -0.05) is 49.1 Å². The number of benzene rings is 1. The molecule has 0 unspecified atom stereocenters. The van der Waals surface area contributed by atoms with E-state index in [1.807, 2.05) is 31.2 Å². The van der Waals surface area contributed by atoms with E-state index in [1.165, 1.54) is 20.6 Å². The van der Waals surface area contributed by atoms with E-state index in [2.05, 4.69) is 5.32 Å². The maximum absolute atomic E-state index is 12.5. The molecule has 1 N–H and O–H groups in total. The number of carbonyl (C=O) groups excluding carboxylic acids is 2. The summed E-state index contributed by atoms with van der Waals surface area (Å²) < 4.78 is 15.9. The number of carbonyl (C=O) groups is 2. The SMILES string of the molecule is COC(=O)c1c(NC2CCCCC2)oc(-c2ccc(C)cc2)c1C(=O)OC. The highest BCUT2D eigenvalue weighted by Gasteiger charge is 2.33. The number of ether oxygens (including phenoxy) is 2. The van der Waals surface area contributed by atoms with Gasteiger partial charge in [0, 0.05) is 11.6 Å². The van der Waals surface area contributed by atoms with Crippen molar-refractivity contribution in [3.8, 4) is 11.3 Å². The standard InChI is InChI=1S/C21H25NO5/c1-13-9-11-14(12-10-13)18-16(20(23)25-2)17(21(24)26-3)19(27-18)22-15-7-5-4-6-8-15/h9-12,15,22H,4-8H2,1-3H3. The number of nitrogens with one attached hydrogen (secondary N) is 1. The van der Waals surface area contributed by atoms with Crippen LogP contribution in [0.3, 0.4) is 0 Å². The van der Waals surface area contributed by atoms with Crippen molar-refractivity contribution in [1.82, 2.24) is 0 Å². The van der Waals surface area contributed by atoms with E-state index in [9.17, 15) is 9.59 Å². The second kappa shape index (κ2) is 8.29. The van der Waals surface area contributed by atoms with Gasteiger partial charge in [-0.25, -0.2) is 9.59 Å². The minimum absolute atomic E-state index is 0.0884. The number of furan rings is 1.